The van der Waals surface area contributed by atoms with Crippen LogP contribution in [-0.2, 0) is 4.74 Å². The number of aromatic nitrogens is 3. The normalized spacial score (nSPS) is 22.2. The predicted molar refractivity (Wildman–Crippen MR) is 124 cm³/mol. The van der Waals surface area contributed by atoms with E-state index < -0.39 is 6.36 Å². The number of imidazole rings is 1. The Hall–Kier alpha value is -3.18. The van der Waals surface area contributed by atoms with Crippen LogP contribution in [-0.4, -0.2) is 63.9 Å². The van der Waals surface area contributed by atoms with Gasteiger partial charge in [0.05, 0.1) is 12.1 Å². The van der Waals surface area contributed by atoms with Gasteiger partial charge in [0.2, 0.25) is 0 Å². The molecule has 0 unspecified atom stereocenters. The number of carbonyl (C=O) groups is 1. The summed E-state index contributed by atoms with van der Waals surface area (Å²) in [5, 5.41) is 3.58. The van der Waals surface area contributed by atoms with Crippen molar-refractivity contribution in [2.24, 2.45) is 0 Å². The van der Waals surface area contributed by atoms with Crippen molar-refractivity contribution in [3.63, 3.8) is 0 Å². The summed E-state index contributed by atoms with van der Waals surface area (Å²) in [6.07, 6.45) is 0.710. The fourth-order valence-electron chi connectivity index (χ4n) is 5.14. The Morgan fingerprint density at radius 3 is 2.53 bits per heavy atom. The van der Waals surface area contributed by atoms with Gasteiger partial charge in [0.15, 0.2) is 5.65 Å². The Balaban J connectivity index is 1.11. The zero-order valence-electron chi connectivity index (χ0n) is 19.5. The lowest BCUT2D eigenvalue weighted by atomic mass is 9.89. The number of morpholine rings is 1. The molecule has 0 bridgehead atoms. The van der Waals surface area contributed by atoms with Crippen molar-refractivity contribution >= 4 is 17.1 Å². The first-order valence-electron chi connectivity index (χ1n) is 12.1. The van der Waals surface area contributed by atoms with Crippen molar-refractivity contribution in [2.75, 3.05) is 26.2 Å². The minimum absolute atomic E-state index is 0.134. The van der Waals surface area contributed by atoms with Gasteiger partial charge >= 0.3 is 6.36 Å². The summed E-state index contributed by atoms with van der Waals surface area (Å²) in [5.74, 6) is 0.458. The van der Waals surface area contributed by atoms with Gasteiger partial charge in [-0.1, -0.05) is 0 Å². The number of fused-ring (bicyclic) bond motifs is 1. The molecule has 1 atom stereocenters. The number of hydrogen-bond acceptors (Lipinski definition) is 6. The van der Waals surface area contributed by atoms with E-state index in [4.69, 9.17) is 9.72 Å². The molecule has 2 saturated heterocycles. The van der Waals surface area contributed by atoms with Crippen molar-refractivity contribution < 1.29 is 27.4 Å². The second-order valence-corrected chi connectivity index (χ2v) is 9.82. The minimum atomic E-state index is -4.76. The summed E-state index contributed by atoms with van der Waals surface area (Å²) < 4.78 is 47.1. The minimum Gasteiger partial charge on any atom is -0.406 e. The fraction of sp³-hybridized carbons (Fsp3) is 0.480. The number of amides is 1. The van der Waals surface area contributed by atoms with E-state index in [1.807, 2.05) is 6.07 Å². The smallest absolute Gasteiger partial charge is 0.406 e. The van der Waals surface area contributed by atoms with Crippen LogP contribution in [0.2, 0.25) is 0 Å². The molecule has 2 N–H and O–H groups in total. The average molecular weight is 502 g/mol. The first kappa shape index (κ1) is 23.2. The van der Waals surface area contributed by atoms with Crippen LogP contribution in [0.5, 0.6) is 5.75 Å². The van der Waals surface area contributed by atoms with Gasteiger partial charge in [-0.15, -0.1) is 13.2 Å². The van der Waals surface area contributed by atoms with Gasteiger partial charge in [0.25, 0.3) is 5.91 Å². The molecule has 1 spiro atoms. The van der Waals surface area contributed by atoms with E-state index in [9.17, 15) is 18.0 Å². The molecule has 190 valence electrons. The van der Waals surface area contributed by atoms with Crippen molar-refractivity contribution in [3.8, 4) is 5.75 Å². The molecule has 4 heterocycles. The number of aromatic amines is 1. The maximum absolute atomic E-state index is 12.9. The largest absolute Gasteiger partial charge is 0.573 e. The van der Waals surface area contributed by atoms with E-state index in [0.29, 0.717) is 30.9 Å². The third kappa shape index (κ3) is 4.64. The molecule has 2 aliphatic heterocycles. The lowest BCUT2D eigenvalue weighted by molar-refractivity contribution is -0.274. The molecule has 36 heavy (non-hydrogen) atoms. The van der Waals surface area contributed by atoms with Gasteiger partial charge in [0.1, 0.15) is 17.7 Å². The molecule has 3 aliphatic rings. The molecule has 6 rings (SSSR count). The molecular formula is C25H26F3N5O3. The van der Waals surface area contributed by atoms with E-state index in [0.717, 1.165) is 61.3 Å². The molecule has 1 aromatic carbocycles. The summed E-state index contributed by atoms with van der Waals surface area (Å²) in [7, 11) is 0. The molecule has 3 fully saturated rings. The van der Waals surface area contributed by atoms with Gasteiger partial charge < -0.3 is 24.7 Å². The molecule has 1 aliphatic carbocycles. The molecule has 11 heteroatoms. The second kappa shape index (κ2) is 8.74. The number of halogens is 3. The van der Waals surface area contributed by atoms with Crippen molar-refractivity contribution in [2.45, 2.75) is 49.6 Å². The van der Waals surface area contributed by atoms with E-state index in [1.54, 1.807) is 11.1 Å². The van der Waals surface area contributed by atoms with Gasteiger partial charge in [-0.25, -0.2) is 9.97 Å². The number of H-pyrrole nitrogens is 1. The van der Waals surface area contributed by atoms with Crippen LogP contribution in [0.25, 0.3) is 11.2 Å². The lowest BCUT2D eigenvalue weighted by Crippen LogP contribution is -2.45. The number of rotatable bonds is 4. The number of nitrogens with zero attached hydrogens (tertiary/aromatic N) is 3. The van der Waals surface area contributed by atoms with Crippen molar-refractivity contribution in [1.29, 1.82) is 0 Å². The number of ether oxygens (including phenoxy) is 2. The van der Waals surface area contributed by atoms with Gasteiger partial charge in [-0.05, 0) is 67.5 Å². The summed E-state index contributed by atoms with van der Waals surface area (Å²) in [6, 6.07) is 7.05. The number of nitrogens with one attached hydrogen (secondary N) is 2. The zero-order chi connectivity index (χ0) is 24.9. The predicted octanol–water partition coefficient (Wildman–Crippen LogP) is 4.07. The van der Waals surface area contributed by atoms with Crippen LogP contribution < -0.4 is 10.1 Å². The van der Waals surface area contributed by atoms with Crippen LogP contribution in [0.4, 0.5) is 13.2 Å². The number of alkyl halides is 3. The quantitative estimate of drug-likeness (QED) is 0.560. The highest BCUT2D eigenvalue weighted by Gasteiger charge is 2.46. The third-order valence-electron chi connectivity index (χ3n) is 7.38. The van der Waals surface area contributed by atoms with Gasteiger partial charge in [-0.2, -0.15) is 0 Å². The standard InChI is InChI=1S/C25H26F3N5O3/c26-25(27,28)36-17-3-1-16(2-4-17)23(34)33-11-6-15(7-12-33)18-5-10-29-22-20(18)31-21(32-22)19-13-30-24(8-9-24)14-35-19/h1-5,10,15,19,30H,6-9,11-14H2,(H,29,31,32)/t19-/m1/s1. The molecule has 0 radical (unpaired) electrons. The maximum Gasteiger partial charge on any atom is 0.573 e. The monoisotopic (exact) mass is 501 g/mol. The molecule has 3 aromatic rings. The van der Waals surface area contributed by atoms with E-state index in [1.165, 1.54) is 12.1 Å². The van der Waals surface area contributed by atoms with E-state index >= 15 is 0 Å². The Bertz CT molecular complexity index is 1250. The number of pyridine rings is 1. The second-order valence-electron chi connectivity index (χ2n) is 9.82. The molecular weight excluding hydrogens is 475 g/mol. The topological polar surface area (TPSA) is 92.4 Å². The lowest BCUT2D eigenvalue weighted by Gasteiger charge is -2.32. The molecule has 2 aromatic heterocycles. The van der Waals surface area contributed by atoms with Crippen LogP contribution in [0.15, 0.2) is 36.5 Å². The number of hydrogen-bond donors (Lipinski definition) is 2. The first-order chi connectivity index (χ1) is 17.3. The number of likely N-dealkylation sites (tertiary alicyclic amines) is 1. The highest BCUT2D eigenvalue weighted by Crippen LogP contribution is 2.40. The van der Waals surface area contributed by atoms with Crippen LogP contribution in [0, 0.1) is 0 Å². The third-order valence-corrected chi connectivity index (χ3v) is 7.38. The van der Waals surface area contributed by atoms with Gasteiger partial charge in [0, 0.05) is 36.9 Å². The zero-order valence-corrected chi connectivity index (χ0v) is 19.5. The Kier molecular flexibility index (Phi) is 5.64. The number of carbonyl (C=O) groups excluding carboxylic acids is 1. The Morgan fingerprint density at radius 2 is 1.89 bits per heavy atom. The van der Waals surface area contributed by atoms with Crippen molar-refractivity contribution in [3.05, 3.63) is 53.5 Å². The van der Waals surface area contributed by atoms with Crippen LogP contribution in [0.3, 0.4) is 0 Å². The van der Waals surface area contributed by atoms with E-state index in [-0.39, 0.29) is 29.2 Å². The Labute approximate surface area is 205 Å². The fourth-order valence-corrected chi connectivity index (χ4v) is 5.14. The molecule has 1 saturated carbocycles. The summed E-state index contributed by atoms with van der Waals surface area (Å²) in [5.41, 5.74) is 3.21. The number of piperidine rings is 1. The van der Waals surface area contributed by atoms with Crippen LogP contribution in [0.1, 0.15) is 59.5 Å². The average Bonchev–Trinajstić information content (AvgIpc) is 3.47. The highest BCUT2D eigenvalue weighted by atomic mass is 19.4. The van der Waals surface area contributed by atoms with Gasteiger partial charge in [-0.3, -0.25) is 4.79 Å². The SMILES string of the molecule is O=C(c1ccc(OC(F)(F)F)cc1)N1CCC(c2ccnc3nc([C@H]4CNC5(CC5)CO4)[nH]c23)CC1. The maximum atomic E-state index is 12.9. The summed E-state index contributed by atoms with van der Waals surface area (Å²) >= 11 is 0. The Morgan fingerprint density at radius 1 is 1.14 bits per heavy atom. The van der Waals surface area contributed by atoms with E-state index in [2.05, 4.69) is 20.0 Å². The summed E-state index contributed by atoms with van der Waals surface area (Å²) in [4.78, 5) is 27.2. The molecule has 8 nitrogen and oxygen atoms in total. The summed E-state index contributed by atoms with van der Waals surface area (Å²) in [6.45, 7) is 2.51. The van der Waals surface area contributed by atoms with Crippen LogP contribution >= 0.6 is 0 Å². The highest BCUT2D eigenvalue weighted by molar-refractivity contribution is 5.94. The first-order valence-corrected chi connectivity index (χ1v) is 12.1. The molecule has 1 amide bonds. The number of benzene rings is 1. The van der Waals surface area contributed by atoms with Crippen molar-refractivity contribution in [1.82, 2.24) is 25.2 Å².